The quantitative estimate of drug-likeness (QED) is 0.918. The molecular formula is C15H15FN2O3S2. The molecule has 0 unspecified atom stereocenters. The highest BCUT2D eigenvalue weighted by molar-refractivity contribution is 7.89. The van der Waals surface area contributed by atoms with Gasteiger partial charge in [0.25, 0.3) is 5.91 Å². The number of halogens is 1. The molecule has 2 aromatic rings. The number of carbonyl (C=O) groups is 1. The molecule has 1 fully saturated rings. The van der Waals surface area contributed by atoms with E-state index in [9.17, 15) is 17.6 Å². The number of carbonyl (C=O) groups excluding carboxylic acids is 1. The second-order valence-electron chi connectivity index (χ2n) is 5.19. The van der Waals surface area contributed by atoms with Crippen LogP contribution in [0.1, 0.15) is 22.5 Å². The normalized spacial score (nSPS) is 15.7. The number of para-hydroxylation sites is 1. The highest BCUT2D eigenvalue weighted by atomic mass is 32.2. The maximum Gasteiger partial charge on any atom is 0.265 e. The standard InChI is InChI=1S/C15H15FN2O3S2/c16-12-5-1-2-6-13(12)17-15(19)14-9-11(10-22-14)23(20,21)18-7-3-4-8-18/h1-2,5-6,9-10H,3-4,7-8H2,(H,17,19). The molecule has 1 aliphatic rings. The fourth-order valence-corrected chi connectivity index (χ4v) is 5.07. The summed E-state index contributed by atoms with van der Waals surface area (Å²) in [5.74, 6) is -1.06. The number of thiophene rings is 1. The summed E-state index contributed by atoms with van der Waals surface area (Å²) in [6.07, 6.45) is 1.70. The van der Waals surface area contributed by atoms with E-state index in [0.717, 1.165) is 24.2 Å². The van der Waals surface area contributed by atoms with Crippen molar-refractivity contribution in [2.75, 3.05) is 18.4 Å². The summed E-state index contributed by atoms with van der Waals surface area (Å²) < 4.78 is 39.8. The first-order valence-electron chi connectivity index (χ1n) is 7.13. The van der Waals surface area contributed by atoms with Gasteiger partial charge in [-0.15, -0.1) is 11.3 Å². The number of amides is 1. The van der Waals surface area contributed by atoms with Crippen molar-refractivity contribution in [2.45, 2.75) is 17.7 Å². The minimum atomic E-state index is -3.54. The zero-order valence-electron chi connectivity index (χ0n) is 12.2. The Morgan fingerprint density at radius 3 is 2.61 bits per heavy atom. The number of benzene rings is 1. The lowest BCUT2D eigenvalue weighted by Gasteiger charge is -2.13. The molecular weight excluding hydrogens is 339 g/mol. The minimum absolute atomic E-state index is 0.0647. The fraction of sp³-hybridized carbons (Fsp3) is 0.267. The molecule has 0 bridgehead atoms. The van der Waals surface area contributed by atoms with Crippen molar-refractivity contribution in [1.29, 1.82) is 0 Å². The van der Waals surface area contributed by atoms with Crippen LogP contribution in [0.3, 0.4) is 0 Å². The fourth-order valence-electron chi connectivity index (χ4n) is 2.40. The van der Waals surface area contributed by atoms with Crippen LogP contribution in [0.25, 0.3) is 0 Å². The van der Waals surface area contributed by atoms with Gasteiger partial charge in [-0.3, -0.25) is 4.79 Å². The molecule has 1 aromatic heterocycles. The van der Waals surface area contributed by atoms with E-state index in [-0.39, 0.29) is 15.5 Å². The molecule has 1 aliphatic heterocycles. The number of anilines is 1. The third-order valence-electron chi connectivity index (χ3n) is 3.62. The summed E-state index contributed by atoms with van der Waals surface area (Å²) in [5, 5.41) is 3.90. The van der Waals surface area contributed by atoms with Gasteiger partial charge in [0.1, 0.15) is 5.82 Å². The third kappa shape index (κ3) is 3.29. The molecule has 1 amide bonds. The molecule has 5 nitrogen and oxygen atoms in total. The largest absolute Gasteiger partial charge is 0.319 e. The van der Waals surface area contributed by atoms with Gasteiger partial charge in [0, 0.05) is 18.5 Å². The van der Waals surface area contributed by atoms with Gasteiger partial charge in [-0.2, -0.15) is 4.31 Å². The summed E-state index contributed by atoms with van der Waals surface area (Å²) in [7, 11) is -3.54. The molecule has 0 aliphatic carbocycles. The van der Waals surface area contributed by atoms with Crippen LogP contribution >= 0.6 is 11.3 Å². The van der Waals surface area contributed by atoms with Crippen LogP contribution in [-0.4, -0.2) is 31.7 Å². The van der Waals surface area contributed by atoms with E-state index in [4.69, 9.17) is 0 Å². The molecule has 0 spiro atoms. The number of sulfonamides is 1. The molecule has 122 valence electrons. The zero-order chi connectivity index (χ0) is 16.4. The average Bonchev–Trinajstić information content (AvgIpc) is 3.21. The van der Waals surface area contributed by atoms with Gasteiger partial charge >= 0.3 is 0 Å². The predicted octanol–water partition coefficient (Wildman–Crippen LogP) is 2.92. The summed E-state index contributed by atoms with van der Waals surface area (Å²) in [5.41, 5.74) is 0.0647. The second-order valence-corrected chi connectivity index (χ2v) is 8.04. The molecule has 0 radical (unpaired) electrons. The lowest BCUT2D eigenvalue weighted by atomic mass is 10.3. The molecule has 1 aromatic carbocycles. The summed E-state index contributed by atoms with van der Waals surface area (Å²) in [4.78, 5) is 12.5. The molecule has 0 atom stereocenters. The lowest BCUT2D eigenvalue weighted by Crippen LogP contribution is -2.27. The van der Waals surface area contributed by atoms with Gasteiger partial charge in [-0.05, 0) is 31.0 Å². The Hall–Kier alpha value is -1.77. The van der Waals surface area contributed by atoms with Gasteiger partial charge in [-0.1, -0.05) is 12.1 Å². The minimum Gasteiger partial charge on any atom is -0.319 e. The Labute approximate surface area is 137 Å². The van der Waals surface area contributed by atoms with E-state index in [0.29, 0.717) is 13.1 Å². The molecule has 0 saturated carbocycles. The number of rotatable bonds is 4. The van der Waals surface area contributed by atoms with Crippen LogP contribution < -0.4 is 5.32 Å². The molecule has 2 heterocycles. The van der Waals surface area contributed by atoms with Crippen molar-refractivity contribution in [3.05, 3.63) is 46.4 Å². The lowest BCUT2D eigenvalue weighted by molar-refractivity contribution is 0.103. The van der Waals surface area contributed by atoms with Crippen molar-refractivity contribution in [3.8, 4) is 0 Å². The van der Waals surface area contributed by atoms with E-state index in [2.05, 4.69) is 5.32 Å². The summed E-state index contributed by atoms with van der Waals surface area (Å²) >= 11 is 1.03. The topological polar surface area (TPSA) is 66.5 Å². The molecule has 8 heteroatoms. The van der Waals surface area contributed by atoms with Crippen LogP contribution in [0.5, 0.6) is 0 Å². The van der Waals surface area contributed by atoms with Crippen molar-refractivity contribution < 1.29 is 17.6 Å². The summed E-state index contributed by atoms with van der Waals surface area (Å²) in [6.45, 7) is 1.02. The Kier molecular flexibility index (Phi) is 4.47. The van der Waals surface area contributed by atoms with Crippen molar-refractivity contribution in [2.24, 2.45) is 0 Å². The van der Waals surface area contributed by atoms with Crippen molar-refractivity contribution in [3.63, 3.8) is 0 Å². The van der Waals surface area contributed by atoms with Crippen LogP contribution in [0, 0.1) is 5.82 Å². The van der Waals surface area contributed by atoms with Crippen LogP contribution in [0.15, 0.2) is 40.6 Å². The third-order valence-corrected chi connectivity index (χ3v) is 6.58. The Morgan fingerprint density at radius 1 is 1.22 bits per heavy atom. The smallest absolute Gasteiger partial charge is 0.265 e. The van der Waals surface area contributed by atoms with E-state index < -0.39 is 21.7 Å². The van der Waals surface area contributed by atoms with Gasteiger partial charge in [0.2, 0.25) is 10.0 Å². The molecule has 3 rings (SSSR count). The first kappa shape index (κ1) is 16.1. The molecule has 23 heavy (non-hydrogen) atoms. The van der Waals surface area contributed by atoms with Crippen LogP contribution in [-0.2, 0) is 10.0 Å². The van der Waals surface area contributed by atoms with E-state index in [1.807, 2.05) is 0 Å². The first-order valence-corrected chi connectivity index (χ1v) is 9.45. The SMILES string of the molecule is O=C(Nc1ccccc1F)c1cc(S(=O)(=O)N2CCCC2)cs1. The van der Waals surface area contributed by atoms with Gasteiger partial charge in [0.05, 0.1) is 15.5 Å². The maximum absolute atomic E-state index is 13.6. The van der Waals surface area contributed by atoms with E-state index in [1.54, 1.807) is 6.07 Å². The second kappa shape index (κ2) is 6.38. The van der Waals surface area contributed by atoms with Crippen LogP contribution in [0.4, 0.5) is 10.1 Å². The predicted molar refractivity (Wildman–Crippen MR) is 86.7 cm³/mol. The first-order chi connectivity index (χ1) is 11.0. The zero-order valence-corrected chi connectivity index (χ0v) is 13.8. The highest BCUT2D eigenvalue weighted by Gasteiger charge is 2.28. The highest BCUT2D eigenvalue weighted by Crippen LogP contribution is 2.26. The molecule has 1 N–H and O–H groups in total. The number of nitrogens with one attached hydrogen (secondary N) is 1. The number of hydrogen-bond donors (Lipinski definition) is 1. The number of nitrogens with zero attached hydrogens (tertiary/aromatic N) is 1. The van der Waals surface area contributed by atoms with Crippen LogP contribution in [0.2, 0.25) is 0 Å². The summed E-state index contributed by atoms with van der Waals surface area (Å²) in [6, 6.07) is 7.16. The average molecular weight is 354 g/mol. The van der Waals surface area contributed by atoms with Gasteiger partial charge in [-0.25, -0.2) is 12.8 Å². The Morgan fingerprint density at radius 2 is 1.91 bits per heavy atom. The Balaban J connectivity index is 1.79. The monoisotopic (exact) mass is 354 g/mol. The molecule has 1 saturated heterocycles. The van der Waals surface area contributed by atoms with Gasteiger partial charge < -0.3 is 5.32 Å². The Bertz CT molecular complexity index is 827. The van der Waals surface area contributed by atoms with E-state index in [1.165, 1.54) is 34.0 Å². The van der Waals surface area contributed by atoms with Crippen molar-refractivity contribution in [1.82, 2.24) is 4.31 Å². The van der Waals surface area contributed by atoms with Crippen molar-refractivity contribution >= 4 is 33.0 Å². The number of hydrogen-bond acceptors (Lipinski definition) is 4. The van der Waals surface area contributed by atoms with E-state index >= 15 is 0 Å². The maximum atomic E-state index is 13.6. The van der Waals surface area contributed by atoms with Gasteiger partial charge in [0.15, 0.2) is 0 Å².